The summed E-state index contributed by atoms with van der Waals surface area (Å²) in [5.41, 5.74) is 1.13. The fourth-order valence-corrected chi connectivity index (χ4v) is 3.08. The van der Waals surface area contributed by atoms with Gasteiger partial charge in [-0.05, 0) is 23.7 Å². The SMILES string of the molecule is CC(C)(C)[Si](C)(C)O[C@@H](CC=O)COCc1ccccc1. The highest BCUT2D eigenvalue weighted by molar-refractivity contribution is 6.74. The Morgan fingerprint density at radius 2 is 1.81 bits per heavy atom. The van der Waals surface area contributed by atoms with Gasteiger partial charge in [0.05, 0.1) is 19.3 Å². The monoisotopic (exact) mass is 308 g/mol. The summed E-state index contributed by atoms with van der Waals surface area (Å²) in [5.74, 6) is 0. The Hall–Kier alpha value is -0.973. The van der Waals surface area contributed by atoms with Gasteiger partial charge in [-0.2, -0.15) is 0 Å². The summed E-state index contributed by atoms with van der Waals surface area (Å²) in [6.45, 7) is 12.0. The van der Waals surface area contributed by atoms with E-state index in [1.54, 1.807) is 0 Å². The van der Waals surface area contributed by atoms with Gasteiger partial charge in [0.2, 0.25) is 0 Å². The van der Waals surface area contributed by atoms with Crippen LogP contribution in [0.15, 0.2) is 30.3 Å². The van der Waals surface area contributed by atoms with Crippen molar-refractivity contribution < 1.29 is 14.0 Å². The second kappa shape index (κ2) is 7.87. The summed E-state index contributed by atoms with van der Waals surface area (Å²) in [6.07, 6.45) is 1.16. The van der Waals surface area contributed by atoms with Crippen LogP contribution in [0, 0.1) is 0 Å². The van der Waals surface area contributed by atoms with E-state index in [0.29, 0.717) is 19.6 Å². The minimum Gasteiger partial charge on any atom is -0.411 e. The average molecular weight is 308 g/mol. The second-order valence-electron chi connectivity index (χ2n) is 6.90. The normalized spacial score (nSPS) is 14.0. The van der Waals surface area contributed by atoms with Crippen LogP contribution in [-0.4, -0.2) is 27.3 Å². The molecule has 1 rings (SSSR count). The van der Waals surface area contributed by atoms with Gasteiger partial charge in [0, 0.05) is 6.42 Å². The van der Waals surface area contributed by atoms with Gasteiger partial charge in [-0.1, -0.05) is 51.1 Å². The third kappa shape index (κ3) is 6.12. The molecule has 0 N–H and O–H groups in total. The quantitative estimate of drug-likeness (QED) is 0.534. The zero-order valence-corrected chi connectivity index (χ0v) is 14.9. The molecule has 0 aromatic heterocycles. The van der Waals surface area contributed by atoms with E-state index < -0.39 is 8.32 Å². The Bertz CT molecular complexity index is 423. The van der Waals surface area contributed by atoms with Gasteiger partial charge in [0.1, 0.15) is 6.29 Å². The van der Waals surface area contributed by atoms with Crippen molar-refractivity contribution >= 4 is 14.6 Å². The Morgan fingerprint density at radius 3 is 2.33 bits per heavy atom. The standard InChI is InChI=1S/C17H28O3Si/c1-17(2,3)21(4,5)20-16(11-12-18)14-19-13-15-9-7-6-8-10-15/h6-10,12,16H,11,13-14H2,1-5H3/t16-/m0/s1. The Balaban J connectivity index is 2.52. The van der Waals surface area contributed by atoms with Gasteiger partial charge in [-0.3, -0.25) is 0 Å². The number of hydrogen-bond donors (Lipinski definition) is 0. The molecular weight excluding hydrogens is 280 g/mol. The van der Waals surface area contributed by atoms with Crippen molar-refractivity contribution in [3.63, 3.8) is 0 Å². The van der Waals surface area contributed by atoms with Crippen LogP contribution in [0.25, 0.3) is 0 Å². The van der Waals surface area contributed by atoms with Crippen LogP contribution in [0.1, 0.15) is 32.8 Å². The third-order valence-corrected chi connectivity index (χ3v) is 8.58. The molecule has 118 valence electrons. The summed E-state index contributed by atoms with van der Waals surface area (Å²) in [7, 11) is -1.87. The van der Waals surface area contributed by atoms with Crippen LogP contribution in [0.4, 0.5) is 0 Å². The molecule has 0 amide bonds. The molecule has 1 aromatic carbocycles. The Kier molecular flexibility index (Phi) is 6.78. The second-order valence-corrected chi connectivity index (χ2v) is 11.7. The lowest BCUT2D eigenvalue weighted by molar-refractivity contribution is -0.110. The van der Waals surface area contributed by atoms with Crippen molar-refractivity contribution in [2.45, 2.75) is 58.0 Å². The van der Waals surface area contributed by atoms with Crippen LogP contribution in [0.3, 0.4) is 0 Å². The van der Waals surface area contributed by atoms with E-state index >= 15 is 0 Å². The molecule has 0 aliphatic rings. The lowest BCUT2D eigenvalue weighted by Gasteiger charge is -2.38. The molecule has 0 bridgehead atoms. The highest BCUT2D eigenvalue weighted by Crippen LogP contribution is 2.37. The predicted molar refractivity (Wildman–Crippen MR) is 88.8 cm³/mol. The fraction of sp³-hybridized carbons (Fsp3) is 0.588. The van der Waals surface area contributed by atoms with Gasteiger partial charge in [-0.25, -0.2) is 0 Å². The molecular formula is C17H28O3Si. The number of benzene rings is 1. The van der Waals surface area contributed by atoms with E-state index in [1.165, 1.54) is 0 Å². The molecule has 3 nitrogen and oxygen atoms in total. The number of rotatable bonds is 8. The highest BCUT2D eigenvalue weighted by atomic mass is 28.4. The molecule has 4 heteroatoms. The average Bonchev–Trinajstić information content (AvgIpc) is 2.38. The number of carbonyl (C=O) groups excluding carboxylic acids is 1. The number of carbonyl (C=O) groups is 1. The molecule has 21 heavy (non-hydrogen) atoms. The van der Waals surface area contributed by atoms with Crippen molar-refractivity contribution in [2.75, 3.05) is 6.61 Å². The van der Waals surface area contributed by atoms with Crippen LogP contribution in [-0.2, 0) is 20.6 Å². The van der Waals surface area contributed by atoms with E-state index in [4.69, 9.17) is 9.16 Å². The van der Waals surface area contributed by atoms with Crippen molar-refractivity contribution in [2.24, 2.45) is 0 Å². The first-order chi connectivity index (χ1) is 9.76. The molecule has 0 saturated heterocycles. The molecule has 0 radical (unpaired) electrons. The first-order valence-corrected chi connectivity index (χ1v) is 10.4. The number of aldehydes is 1. The third-order valence-electron chi connectivity index (χ3n) is 4.04. The summed E-state index contributed by atoms with van der Waals surface area (Å²) >= 11 is 0. The lowest BCUT2D eigenvalue weighted by atomic mass is 10.2. The summed E-state index contributed by atoms with van der Waals surface area (Å²) in [6, 6.07) is 10.0. The van der Waals surface area contributed by atoms with Gasteiger partial charge in [0.25, 0.3) is 0 Å². The Labute approximate surface area is 129 Å². The van der Waals surface area contributed by atoms with Crippen molar-refractivity contribution in [3.8, 4) is 0 Å². The van der Waals surface area contributed by atoms with E-state index in [0.717, 1.165) is 11.8 Å². The van der Waals surface area contributed by atoms with Crippen LogP contribution >= 0.6 is 0 Å². The minimum atomic E-state index is -1.87. The maximum atomic E-state index is 10.9. The molecule has 0 aliphatic carbocycles. The summed E-state index contributed by atoms with van der Waals surface area (Å²) in [4.78, 5) is 10.9. The zero-order chi connectivity index (χ0) is 15.9. The molecule has 0 spiro atoms. The number of ether oxygens (including phenoxy) is 1. The summed E-state index contributed by atoms with van der Waals surface area (Å²) in [5, 5.41) is 0.133. The molecule has 1 atom stereocenters. The van der Waals surface area contributed by atoms with Gasteiger partial charge >= 0.3 is 0 Å². The van der Waals surface area contributed by atoms with E-state index in [9.17, 15) is 4.79 Å². The predicted octanol–water partition coefficient (Wildman–Crippen LogP) is 4.18. The van der Waals surface area contributed by atoms with Crippen LogP contribution in [0.2, 0.25) is 18.1 Å². The summed E-state index contributed by atoms with van der Waals surface area (Å²) < 4.78 is 12.0. The molecule has 0 unspecified atom stereocenters. The molecule has 0 aliphatic heterocycles. The first kappa shape index (κ1) is 18.1. The molecule has 0 heterocycles. The first-order valence-electron chi connectivity index (χ1n) is 7.49. The van der Waals surface area contributed by atoms with Crippen LogP contribution < -0.4 is 0 Å². The zero-order valence-electron chi connectivity index (χ0n) is 13.9. The maximum Gasteiger partial charge on any atom is 0.192 e. The van der Waals surface area contributed by atoms with E-state index in [1.807, 2.05) is 30.3 Å². The van der Waals surface area contributed by atoms with E-state index in [2.05, 4.69) is 33.9 Å². The maximum absolute atomic E-state index is 10.9. The Morgan fingerprint density at radius 1 is 1.19 bits per heavy atom. The van der Waals surface area contributed by atoms with Crippen molar-refractivity contribution in [3.05, 3.63) is 35.9 Å². The van der Waals surface area contributed by atoms with Crippen LogP contribution in [0.5, 0.6) is 0 Å². The fourth-order valence-electron chi connectivity index (χ4n) is 1.73. The smallest absolute Gasteiger partial charge is 0.192 e. The van der Waals surface area contributed by atoms with Crippen molar-refractivity contribution in [1.82, 2.24) is 0 Å². The molecule has 0 fully saturated rings. The lowest BCUT2D eigenvalue weighted by Crippen LogP contribution is -2.45. The molecule has 0 saturated carbocycles. The highest BCUT2D eigenvalue weighted by Gasteiger charge is 2.39. The largest absolute Gasteiger partial charge is 0.411 e. The molecule has 1 aromatic rings. The topological polar surface area (TPSA) is 35.5 Å². The minimum absolute atomic E-state index is 0.133. The number of hydrogen-bond acceptors (Lipinski definition) is 3. The van der Waals surface area contributed by atoms with Gasteiger partial charge < -0.3 is 14.0 Å². The van der Waals surface area contributed by atoms with Gasteiger partial charge in [-0.15, -0.1) is 0 Å². The van der Waals surface area contributed by atoms with E-state index in [-0.39, 0.29) is 11.1 Å². The van der Waals surface area contributed by atoms with Gasteiger partial charge in [0.15, 0.2) is 8.32 Å². The van der Waals surface area contributed by atoms with Crippen molar-refractivity contribution in [1.29, 1.82) is 0 Å².